The Bertz CT molecular complexity index is 452. The van der Waals surface area contributed by atoms with Crippen molar-refractivity contribution in [3.05, 3.63) is 35.6 Å². The molecule has 98 valence electrons. The second-order valence-corrected chi connectivity index (χ2v) is 6.24. The summed E-state index contributed by atoms with van der Waals surface area (Å²) in [7, 11) is 1.97. The predicted octanol–water partition coefficient (Wildman–Crippen LogP) is 3.68. The average molecular weight is 331 g/mol. The summed E-state index contributed by atoms with van der Waals surface area (Å²) in [4.78, 5) is 6.56. The predicted molar refractivity (Wildman–Crippen MR) is 80.1 cm³/mol. The minimum atomic E-state index is -0.155. The molecule has 0 amide bonds. The van der Waals surface area contributed by atoms with Crippen molar-refractivity contribution in [2.45, 2.75) is 18.2 Å². The van der Waals surface area contributed by atoms with Crippen LogP contribution in [0.25, 0.3) is 0 Å². The molecule has 2 nitrogen and oxygen atoms in total. The van der Waals surface area contributed by atoms with E-state index >= 15 is 0 Å². The molecule has 1 aromatic carbocycles. The van der Waals surface area contributed by atoms with E-state index in [4.69, 9.17) is 0 Å². The summed E-state index contributed by atoms with van der Waals surface area (Å²) in [6.45, 7) is 2.84. The molecule has 2 atom stereocenters. The van der Waals surface area contributed by atoms with Crippen LogP contribution in [-0.2, 0) is 0 Å². The van der Waals surface area contributed by atoms with Crippen molar-refractivity contribution in [2.75, 3.05) is 18.9 Å². The third-order valence-corrected chi connectivity index (χ3v) is 5.60. The molecule has 1 heterocycles. The lowest BCUT2D eigenvalue weighted by Gasteiger charge is -2.27. The fraction of sp³-hybridized carbons (Fsp3) is 0.462. The van der Waals surface area contributed by atoms with E-state index in [1.807, 2.05) is 31.0 Å². The van der Waals surface area contributed by atoms with Crippen LogP contribution in [0.1, 0.15) is 18.5 Å². The molecule has 0 radical (unpaired) electrons. The minimum Gasteiger partial charge on any atom is -0.348 e. The van der Waals surface area contributed by atoms with Gasteiger partial charge in [0.25, 0.3) is 0 Å². The van der Waals surface area contributed by atoms with Crippen LogP contribution < -0.4 is 0 Å². The van der Waals surface area contributed by atoms with Crippen LogP contribution in [0.4, 0.5) is 4.39 Å². The molecular weight excluding hydrogens is 315 g/mol. The first-order valence-electron chi connectivity index (χ1n) is 5.87. The smallest absolute Gasteiger partial charge is 0.159 e. The average Bonchev–Trinajstić information content (AvgIpc) is 2.86. The molecule has 5 heteroatoms. The number of amidine groups is 1. The van der Waals surface area contributed by atoms with E-state index in [-0.39, 0.29) is 11.9 Å². The summed E-state index contributed by atoms with van der Waals surface area (Å²) in [6, 6.07) is 6.91. The summed E-state index contributed by atoms with van der Waals surface area (Å²) in [6.07, 6.45) is 0. The third-order valence-electron chi connectivity index (χ3n) is 3.11. The first-order valence-corrected chi connectivity index (χ1v) is 7.88. The first kappa shape index (κ1) is 13.9. The molecule has 18 heavy (non-hydrogen) atoms. The largest absolute Gasteiger partial charge is 0.348 e. The van der Waals surface area contributed by atoms with Gasteiger partial charge in [-0.15, -0.1) is 0 Å². The Kier molecular flexibility index (Phi) is 4.67. The zero-order chi connectivity index (χ0) is 13.1. The molecule has 0 spiro atoms. The van der Waals surface area contributed by atoms with Gasteiger partial charge in [-0.05, 0) is 13.0 Å². The van der Waals surface area contributed by atoms with Gasteiger partial charge in [-0.1, -0.05) is 45.9 Å². The molecule has 1 aliphatic rings. The fourth-order valence-electron chi connectivity index (χ4n) is 1.87. The van der Waals surface area contributed by atoms with Crippen molar-refractivity contribution in [1.82, 2.24) is 4.90 Å². The van der Waals surface area contributed by atoms with Crippen LogP contribution >= 0.6 is 27.7 Å². The lowest BCUT2D eigenvalue weighted by Crippen LogP contribution is -2.27. The highest BCUT2D eigenvalue weighted by Gasteiger charge is 2.25. The van der Waals surface area contributed by atoms with Crippen molar-refractivity contribution < 1.29 is 4.39 Å². The molecule has 0 N–H and O–H groups in total. The summed E-state index contributed by atoms with van der Waals surface area (Å²) >= 11 is 5.23. The third kappa shape index (κ3) is 2.88. The molecule has 0 saturated carbocycles. The standard InChI is InChI=1S/C13H16BrFN2S/c1-9(11-5-3-4-6-12(11)15)17(2)13-16-8-10(7-14)18-13/h3-6,9-10H,7-8H2,1-2H3. The Morgan fingerprint density at radius 1 is 1.56 bits per heavy atom. The summed E-state index contributed by atoms with van der Waals surface area (Å²) in [5.41, 5.74) is 0.714. The number of alkyl halides is 1. The zero-order valence-corrected chi connectivity index (χ0v) is 12.8. The summed E-state index contributed by atoms with van der Waals surface area (Å²) < 4.78 is 13.7. The molecule has 1 aromatic rings. The number of rotatable bonds is 3. The lowest BCUT2D eigenvalue weighted by atomic mass is 10.1. The van der Waals surface area contributed by atoms with Gasteiger partial charge in [0.1, 0.15) is 5.82 Å². The molecular formula is C13H16BrFN2S. The molecule has 0 aliphatic carbocycles. The normalized spacial score (nSPS) is 20.7. The van der Waals surface area contributed by atoms with Gasteiger partial charge in [0.15, 0.2) is 5.17 Å². The maximum absolute atomic E-state index is 13.7. The SMILES string of the molecule is CC(c1ccccc1F)N(C)C1=NCC(CBr)S1. The zero-order valence-electron chi connectivity index (χ0n) is 10.4. The van der Waals surface area contributed by atoms with Crippen LogP contribution in [-0.4, -0.2) is 34.2 Å². The molecule has 0 fully saturated rings. The van der Waals surface area contributed by atoms with Crippen LogP contribution in [0.5, 0.6) is 0 Å². The van der Waals surface area contributed by atoms with Crippen molar-refractivity contribution >= 4 is 32.9 Å². The van der Waals surface area contributed by atoms with Gasteiger partial charge in [0.05, 0.1) is 12.6 Å². The van der Waals surface area contributed by atoms with Crippen molar-refractivity contribution in [3.8, 4) is 0 Å². The van der Waals surface area contributed by atoms with Crippen LogP contribution in [0.3, 0.4) is 0 Å². The summed E-state index contributed by atoms with van der Waals surface area (Å²) in [5, 5.41) is 2.43. The minimum absolute atomic E-state index is 0.00785. The Balaban J connectivity index is 2.10. The van der Waals surface area contributed by atoms with Crippen molar-refractivity contribution in [2.24, 2.45) is 4.99 Å². The highest BCUT2D eigenvalue weighted by atomic mass is 79.9. The number of thioether (sulfide) groups is 1. The first-order chi connectivity index (χ1) is 8.63. The van der Waals surface area contributed by atoms with Crippen LogP contribution in [0, 0.1) is 5.82 Å². The lowest BCUT2D eigenvalue weighted by molar-refractivity contribution is 0.395. The van der Waals surface area contributed by atoms with E-state index in [0.29, 0.717) is 10.8 Å². The molecule has 0 bridgehead atoms. The monoisotopic (exact) mass is 330 g/mol. The fourth-order valence-corrected chi connectivity index (χ4v) is 3.45. The second kappa shape index (κ2) is 6.06. The van der Waals surface area contributed by atoms with E-state index in [2.05, 4.69) is 20.9 Å². The molecule has 0 saturated heterocycles. The number of hydrogen-bond acceptors (Lipinski definition) is 3. The molecule has 1 aliphatic heterocycles. The Morgan fingerprint density at radius 3 is 2.89 bits per heavy atom. The Hall–Kier alpha value is -0.550. The quantitative estimate of drug-likeness (QED) is 0.785. The summed E-state index contributed by atoms with van der Waals surface area (Å²) in [5.74, 6) is -0.155. The van der Waals surface area contributed by atoms with Gasteiger partial charge >= 0.3 is 0 Å². The van der Waals surface area contributed by atoms with Crippen molar-refractivity contribution in [1.29, 1.82) is 0 Å². The van der Waals surface area contributed by atoms with Crippen LogP contribution in [0.15, 0.2) is 29.3 Å². The Labute approximate surface area is 120 Å². The highest BCUT2D eigenvalue weighted by Crippen LogP contribution is 2.30. The molecule has 2 unspecified atom stereocenters. The van der Waals surface area contributed by atoms with Gasteiger partial charge < -0.3 is 4.90 Å². The molecule has 2 rings (SSSR count). The number of hydrogen-bond donors (Lipinski definition) is 0. The maximum atomic E-state index is 13.7. The second-order valence-electron chi connectivity index (χ2n) is 4.33. The molecule has 0 aromatic heterocycles. The number of nitrogens with zero attached hydrogens (tertiary/aromatic N) is 2. The number of halogens is 2. The Morgan fingerprint density at radius 2 is 2.28 bits per heavy atom. The number of benzene rings is 1. The number of aliphatic imine (C=N–C) groups is 1. The van der Waals surface area contributed by atoms with Gasteiger partial charge in [0, 0.05) is 23.2 Å². The van der Waals surface area contributed by atoms with E-state index in [9.17, 15) is 4.39 Å². The van der Waals surface area contributed by atoms with E-state index in [0.717, 1.165) is 17.0 Å². The van der Waals surface area contributed by atoms with Crippen molar-refractivity contribution in [3.63, 3.8) is 0 Å². The van der Waals surface area contributed by atoms with E-state index in [1.54, 1.807) is 17.8 Å². The van der Waals surface area contributed by atoms with E-state index in [1.165, 1.54) is 6.07 Å². The van der Waals surface area contributed by atoms with E-state index < -0.39 is 0 Å². The topological polar surface area (TPSA) is 15.6 Å². The van der Waals surface area contributed by atoms with Crippen LogP contribution in [0.2, 0.25) is 0 Å². The van der Waals surface area contributed by atoms with Gasteiger partial charge in [0.2, 0.25) is 0 Å². The van der Waals surface area contributed by atoms with Gasteiger partial charge in [-0.2, -0.15) is 0 Å². The maximum Gasteiger partial charge on any atom is 0.159 e. The highest BCUT2D eigenvalue weighted by molar-refractivity contribution is 9.09. The van der Waals surface area contributed by atoms with Gasteiger partial charge in [-0.3, -0.25) is 4.99 Å². The van der Waals surface area contributed by atoms with Gasteiger partial charge in [-0.25, -0.2) is 4.39 Å².